The number of aryl methyl sites for hydroxylation is 1. The number of nitrogens with zero attached hydrogens (tertiary/aromatic N) is 1. The summed E-state index contributed by atoms with van der Waals surface area (Å²) < 4.78 is 88.9. The SMILES string of the molecule is COc1cc(F)c(-c2nc(C(=O)Nc3cccc(C(F)(F)F)c3)c(C)[nH]2)c(F)c1-c1ccccc1F. The summed E-state index contributed by atoms with van der Waals surface area (Å²) in [6.45, 7) is 1.40. The molecule has 0 saturated heterocycles. The molecule has 36 heavy (non-hydrogen) atoms. The van der Waals surface area contributed by atoms with E-state index in [0.717, 1.165) is 30.3 Å². The Hall–Kier alpha value is -4.28. The van der Waals surface area contributed by atoms with E-state index in [-0.39, 0.29) is 39.8 Å². The van der Waals surface area contributed by atoms with Crippen molar-refractivity contribution < 1.29 is 35.9 Å². The van der Waals surface area contributed by atoms with Gasteiger partial charge in [-0.25, -0.2) is 18.2 Å². The van der Waals surface area contributed by atoms with Crippen LogP contribution < -0.4 is 10.1 Å². The molecule has 0 atom stereocenters. The minimum Gasteiger partial charge on any atom is -0.496 e. The van der Waals surface area contributed by atoms with Crippen LogP contribution in [-0.2, 0) is 6.18 Å². The molecule has 0 aliphatic carbocycles. The summed E-state index contributed by atoms with van der Waals surface area (Å²) in [5.41, 5.74) is -2.53. The highest BCUT2D eigenvalue weighted by Gasteiger charge is 2.31. The van der Waals surface area contributed by atoms with Gasteiger partial charge in [0.05, 0.1) is 23.8 Å². The van der Waals surface area contributed by atoms with Gasteiger partial charge in [0.25, 0.3) is 5.91 Å². The zero-order valence-electron chi connectivity index (χ0n) is 18.7. The predicted octanol–water partition coefficient (Wildman–Crippen LogP) is 6.75. The first kappa shape index (κ1) is 24.8. The molecule has 0 unspecified atom stereocenters. The monoisotopic (exact) mass is 505 g/mol. The zero-order chi connectivity index (χ0) is 26.2. The Kier molecular flexibility index (Phi) is 6.49. The largest absolute Gasteiger partial charge is 0.496 e. The van der Waals surface area contributed by atoms with Gasteiger partial charge >= 0.3 is 6.18 Å². The fraction of sp³-hybridized carbons (Fsp3) is 0.120. The van der Waals surface area contributed by atoms with Gasteiger partial charge in [0.15, 0.2) is 0 Å². The number of ether oxygens (including phenoxy) is 1. The third-order valence-corrected chi connectivity index (χ3v) is 5.33. The van der Waals surface area contributed by atoms with E-state index in [4.69, 9.17) is 4.74 Å². The lowest BCUT2D eigenvalue weighted by atomic mass is 9.99. The van der Waals surface area contributed by atoms with Gasteiger partial charge in [0.1, 0.15) is 34.7 Å². The van der Waals surface area contributed by atoms with E-state index >= 15 is 4.39 Å². The number of carbonyl (C=O) groups excluding carboxylic acids is 1. The molecule has 4 aromatic rings. The van der Waals surface area contributed by atoms with Gasteiger partial charge in [-0.05, 0) is 31.2 Å². The zero-order valence-corrected chi connectivity index (χ0v) is 18.7. The van der Waals surface area contributed by atoms with Crippen LogP contribution in [0.3, 0.4) is 0 Å². The molecule has 0 spiro atoms. The topological polar surface area (TPSA) is 67.0 Å². The van der Waals surface area contributed by atoms with Crippen molar-refractivity contribution in [3.8, 4) is 28.3 Å². The number of imidazole rings is 1. The van der Waals surface area contributed by atoms with E-state index in [2.05, 4.69) is 15.3 Å². The molecule has 0 bridgehead atoms. The van der Waals surface area contributed by atoms with Crippen LogP contribution in [0.2, 0.25) is 0 Å². The summed E-state index contributed by atoms with van der Waals surface area (Å²) in [6, 6.07) is 10.1. The number of methoxy groups -OCH3 is 1. The van der Waals surface area contributed by atoms with Crippen LogP contribution in [0.5, 0.6) is 5.75 Å². The average Bonchev–Trinajstić information content (AvgIpc) is 3.20. The Morgan fingerprint density at radius 1 is 0.972 bits per heavy atom. The molecule has 5 nitrogen and oxygen atoms in total. The van der Waals surface area contributed by atoms with Gasteiger partial charge in [-0.1, -0.05) is 24.3 Å². The third-order valence-electron chi connectivity index (χ3n) is 5.33. The normalized spacial score (nSPS) is 11.4. The number of benzene rings is 3. The Morgan fingerprint density at radius 2 is 1.69 bits per heavy atom. The molecule has 0 aliphatic rings. The van der Waals surface area contributed by atoms with E-state index < -0.39 is 40.7 Å². The Bertz CT molecular complexity index is 1460. The van der Waals surface area contributed by atoms with Crippen molar-refractivity contribution in [3.05, 3.63) is 89.0 Å². The lowest BCUT2D eigenvalue weighted by molar-refractivity contribution is -0.137. The fourth-order valence-electron chi connectivity index (χ4n) is 3.65. The second kappa shape index (κ2) is 9.40. The molecule has 3 aromatic carbocycles. The first-order valence-electron chi connectivity index (χ1n) is 10.4. The number of hydrogen-bond donors (Lipinski definition) is 2. The highest BCUT2D eigenvalue weighted by molar-refractivity contribution is 6.04. The number of halogens is 6. The highest BCUT2D eigenvalue weighted by Crippen LogP contribution is 2.40. The standard InChI is InChI=1S/C25H17F6N3O2/c1-12-22(24(35)33-14-7-5-6-13(10-14)25(29,30)31)34-23(32-12)20-17(27)11-18(36-2)19(21(20)28)15-8-3-4-9-16(15)26/h3-11H,1-2H3,(H,32,34)(H,33,35). The quantitative estimate of drug-likeness (QED) is 0.295. The molecular weight excluding hydrogens is 488 g/mol. The summed E-state index contributed by atoms with van der Waals surface area (Å²) >= 11 is 0. The molecule has 186 valence electrons. The van der Waals surface area contributed by atoms with Gasteiger partial charge in [0.2, 0.25) is 0 Å². The molecule has 11 heteroatoms. The van der Waals surface area contributed by atoms with Gasteiger partial charge in [-0.3, -0.25) is 4.79 Å². The van der Waals surface area contributed by atoms with Crippen LogP contribution in [0.15, 0.2) is 54.6 Å². The second-order valence-electron chi connectivity index (χ2n) is 7.70. The van der Waals surface area contributed by atoms with Crippen molar-refractivity contribution in [1.82, 2.24) is 9.97 Å². The van der Waals surface area contributed by atoms with Crippen molar-refractivity contribution >= 4 is 11.6 Å². The minimum absolute atomic E-state index is 0.0940. The van der Waals surface area contributed by atoms with Crippen LogP contribution in [0.1, 0.15) is 21.7 Å². The van der Waals surface area contributed by atoms with Gasteiger partial charge < -0.3 is 15.0 Å². The Labute approximate surface area is 200 Å². The van der Waals surface area contributed by atoms with E-state index in [0.29, 0.717) is 0 Å². The van der Waals surface area contributed by atoms with Gasteiger partial charge in [-0.15, -0.1) is 0 Å². The molecule has 1 aromatic heterocycles. The number of hydrogen-bond acceptors (Lipinski definition) is 3. The number of aromatic nitrogens is 2. The second-order valence-corrected chi connectivity index (χ2v) is 7.70. The van der Waals surface area contributed by atoms with Crippen LogP contribution in [0.25, 0.3) is 22.5 Å². The number of alkyl halides is 3. The number of anilines is 1. The Balaban J connectivity index is 1.75. The summed E-state index contributed by atoms with van der Waals surface area (Å²) in [6.07, 6.45) is -4.62. The van der Waals surface area contributed by atoms with Crippen molar-refractivity contribution in [3.63, 3.8) is 0 Å². The molecule has 2 N–H and O–H groups in total. The third kappa shape index (κ3) is 4.64. The predicted molar refractivity (Wildman–Crippen MR) is 120 cm³/mol. The first-order valence-corrected chi connectivity index (χ1v) is 10.4. The Morgan fingerprint density at radius 3 is 2.36 bits per heavy atom. The molecule has 0 fully saturated rings. The summed E-state index contributed by atoms with van der Waals surface area (Å²) in [5.74, 6) is -4.60. The minimum atomic E-state index is -4.62. The summed E-state index contributed by atoms with van der Waals surface area (Å²) in [7, 11) is 1.17. The van der Waals surface area contributed by atoms with E-state index in [1.54, 1.807) is 0 Å². The number of amides is 1. The number of carbonyl (C=O) groups is 1. The van der Waals surface area contributed by atoms with E-state index in [9.17, 15) is 26.7 Å². The van der Waals surface area contributed by atoms with Gasteiger partial charge in [-0.2, -0.15) is 13.2 Å². The fourth-order valence-corrected chi connectivity index (χ4v) is 3.65. The van der Waals surface area contributed by atoms with Crippen molar-refractivity contribution in [2.45, 2.75) is 13.1 Å². The lowest BCUT2D eigenvalue weighted by Crippen LogP contribution is -2.14. The average molecular weight is 505 g/mol. The maximum atomic E-state index is 15.6. The van der Waals surface area contributed by atoms with Gasteiger partial charge in [0, 0.05) is 23.0 Å². The molecule has 0 radical (unpaired) electrons. The maximum absolute atomic E-state index is 15.6. The van der Waals surface area contributed by atoms with Crippen LogP contribution in [0, 0.1) is 24.4 Å². The molecular formula is C25H17F6N3O2. The number of rotatable bonds is 5. The number of H-pyrrole nitrogens is 1. The smallest absolute Gasteiger partial charge is 0.416 e. The summed E-state index contributed by atoms with van der Waals surface area (Å²) in [5, 5.41) is 2.29. The van der Waals surface area contributed by atoms with Crippen LogP contribution in [0.4, 0.5) is 32.0 Å². The number of aromatic amines is 1. The highest BCUT2D eigenvalue weighted by atomic mass is 19.4. The first-order chi connectivity index (χ1) is 17.0. The molecule has 0 aliphatic heterocycles. The van der Waals surface area contributed by atoms with E-state index in [1.807, 2.05) is 0 Å². The molecule has 1 heterocycles. The molecule has 1 amide bonds. The van der Waals surface area contributed by atoms with Crippen LogP contribution >= 0.6 is 0 Å². The number of nitrogens with one attached hydrogen (secondary N) is 2. The van der Waals surface area contributed by atoms with Crippen molar-refractivity contribution in [2.24, 2.45) is 0 Å². The van der Waals surface area contributed by atoms with Crippen molar-refractivity contribution in [1.29, 1.82) is 0 Å². The van der Waals surface area contributed by atoms with Crippen LogP contribution in [-0.4, -0.2) is 23.0 Å². The molecule has 4 rings (SSSR count). The van der Waals surface area contributed by atoms with E-state index in [1.165, 1.54) is 38.3 Å². The van der Waals surface area contributed by atoms with Crippen molar-refractivity contribution in [2.75, 3.05) is 12.4 Å². The summed E-state index contributed by atoms with van der Waals surface area (Å²) in [4.78, 5) is 19.3. The lowest BCUT2D eigenvalue weighted by Gasteiger charge is -2.14. The molecule has 0 saturated carbocycles. The maximum Gasteiger partial charge on any atom is 0.416 e.